The SMILES string of the molecule is COc1ccc(Cc2n[nH]c(=O)c3c(C)[nH]nc23)cc1. The highest BCUT2D eigenvalue weighted by atomic mass is 16.5. The van der Waals surface area contributed by atoms with Crippen molar-refractivity contribution >= 4 is 10.9 Å². The first kappa shape index (κ1) is 12.4. The van der Waals surface area contributed by atoms with Crippen molar-refractivity contribution in [3.05, 3.63) is 51.6 Å². The van der Waals surface area contributed by atoms with E-state index in [2.05, 4.69) is 20.4 Å². The number of nitrogens with one attached hydrogen (secondary N) is 2. The van der Waals surface area contributed by atoms with Gasteiger partial charge < -0.3 is 4.74 Å². The maximum atomic E-state index is 11.8. The molecule has 0 radical (unpaired) electrons. The average Bonchev–Trinajstić information content (AvgIpc) is 2.86. The van der Waals surface area contributed by atoms with Gasteiger partial charge in [0.25, 0.3) is 5.56 Å². The van der Waals surface area contributed by atoms with Crippen molar-refractivity contribution in [3.8, 4) is 5.75 Å². The highest BCUT2D eigenvalue weighted by Crippen LogP contribution is 2.18. The van der Waals surface area contributed by atoms with Crippen molar-refractivity contribution in [1.82, 2.24) is 20.4 Å². The van der Waals surface area contributed by atoms with Crippen molar-refractivity contribution < 1.29 is 4.74 Å². The van der Waals surface area contributed by atoms with Crippen LogP contribution < -0.4 is 10.3 Å². The highest BCUT2D eigenvalue weighted by molar-refractivity contribution is 5.81. The molecular weight excluding hydrogens is 256 g/mol. The van der Waals surface area contributed by atoms with Crippen molar-refractivity contribution in [2.45, 2.75) is 13.3 Å². The van der Waals surface area contributed by atoms with E-state index in [-0.39, 0.29) is 5.56 Å². The molecule has 0 saturated heterocycles. The zero-order valence-electron chi connectivity index (χ0n) is 11.2. The predicted octanol–water partition coefficient (Wildman–Crippen LogP) is 1.55. The second kappa shape index (κ2) is 4.80. The molecule has 6 heteroatoms. The van der Waals surface area contributed by atoms with Crippen LogP contribution in [0.15, 0.2) is 29.1 Å². The third kappa shape index (κ3) is 2.05. The van der Waals surface area contributed by atoms with Crippen LogP contribution in [0, 0.1) is 6.92 Å². The summed E-state index contributed by atoms with van der Waals surface area (Å²) >= 11 is 0. The second-order valence-electron chi connectivity index (χ2n) is 4.60. The van der Waals surface area contributed by atoms with E-state index in [0.29, 0.717) is 17.3 Å². The first-order valence-corrected chi connectivity index (χ1v) is 6.24. The Morgan fingerprint density at radius 1 is 1.15 bits per heavy atom. The molecule has 0 aliphatic rings. The van der Waals surface area contributed by atoms with Crippen molar-refractivity contribution in [2.24, 2.45) is 0 Å². The van der Waals surface area contributed by atoms with Crippen LogP contribution >= 0.6 is 0 Å². The van der Waals surface area contributed by atoms with Gasteiger partial charge in [0.05, 0.1) is 18.2 Å². The maximum Gasteiger partial charge on any atom is 0.275 e. The summed E-state index contributed by atoms with van der Waals surface area (Å²) in [4.78, 5) is 11.8. The number of ether oxygens (including phenoxy) is 1. The van der Waals surface area contributed by atoms with E-state index in [1.54, 1.807) is 7.11 Å². The van der Waals surface area contributed by atoms with E-state index in [0.717, 1.165) is 22.7 Å². The molecule has 20 heavy (non-hydrogen) atoms. The minimum absolute atomic E-state index is 0.218. The highest BCUT2D eigenvalue weighted by Gasteiger charge is 2.12. The van der Waals surface area contributed by atoms with Crippen LogP contribution in [0.1, 0.15) is 17.0 Å². The summed E-state index contributed by atoms with van der Waals surface area (Å²) < 4.78 is 5.13. The van der Waals surface area contributed by atoms with Crippen LogP contribution in [0.4, 0.5) is 0 Å². The van der Waals surface area contributed by atoms with Crippen LogP contribution in [-0.4, -0.2) is 27.5 Å². The van der Waals surface area contributed by atoms with Crippen LogP contribution in [0.25, 0.3) is 10.9 Å². The van der Waals surface area contributed by atoms with E-state index >= 15 is 0 Å². The first-order chi connectivity index (χ1) is 9.69. The van der Waals surface area contributed by atoms with Crippen LogP contribution in [0.3, 0.4) is 0 Å². The topological polar surface area (TPSA) is 83.7 Å². The zero-order chi connectivity index (χ0) is 14.1. The molecule has 3 rings (SSSR count). The number of rotatable bonds is 3. The molecule has 102 valence electrons. The lowest BCUT2D eigenvalue weighted by Gasteiger charge is -2.03. The lowest BCUT2D eigenvalue weighted by atomic mass is 10.1. The third-order valence-electron chi connectivity index (χ3n) is 3.27. The van der Waals surface area contributed by atoms with Crippen LogP contribution in [0.5, 0.6) is 5.75 Å². The molecule has 6 nitrogen and oxygen atoms in total. The summed E-state index contributed by atoms with van der Waals surface area (Å²) in [5, 5.41) is 14.2. The summed E-state index contributed by atoms with van der Waals surface area (Å²) in [6, 6.07) is 7.73. The molecule has 0 spiro atoms. The number of hydrogen-bond donors (Lipinski definition) is 2. The zero-order valence-corrected chi connectivity index (χ0v) is 11.2. The summed E-state index contributed by atoms with van der Waals surface area (Å²) in [6.45, 7) is 1.82. The molecule has 0 aliphatic carbocycles. The van der Waals surface area contributed by atoms with Crippen molar-refractivity contribution in [3.63, 3.8) is 0 Å². The number of aromatic amines is 2. The Labute approximate surface area is 114 Å². The molecule has 0 aliphatic heterocycles. The smallest absolute Gasteiger partial charge is 0.275 e. The van der Waals surface area contributed by atoms with Crippen molar-refractivity contribution in [2.75, 3.05) is 7.11 Å². The fraction of sp³-hybridized carbons (Fsp3) is 0.214. The third-order valence-corrected chi connectivity index (χ3v) is 3.27. The molecule has 0 amide bonds. The van der Waals surface area contributed by atoms with Gasteiger partial charge in [-0.05, 0) is 24.6 Å². The standard InChI is InChI=1S/C14H14N4O2/c1-8-12-13(17-15-8)11(16-18-14(12)19)7-9-3-5-10(20-2)6-4-9/h3-6H,7H2,1-2H3,(H,15,17)(H,18,19). The van der Waals surface area contributed by atoms with Gasteiger partial charge in [0.15, 0.2) is 0 Å². The number of aromatic nitrogens is 4. The monoisotopic (exact) mass is 270 g/mol. The van der Waals surface area contributed by atoms with E-state index in [1.807, 2.05) is 31.2 Å². The normalized spacial score (nSPS) is 10.9. The molecule has 0 fully saturated rings. The van der Waals surface area contributed by atoms with Crippen molar-refractivity contribution in [1.29, 1.82) is 0 Å². The number of H-pyrrole nitrogens is 2. The van der Waals surface area contributed by atoms with Gasteiger partial charge in [0, 0.05) is 12.1 Å². The molecule has 0 atom stereocenters. The Morgan fingerprint density at radius 2 is 1.90 bits per heavy atom. The molecule has 1 aromatic carbocycles. The fourth-order valence-electron chi connectivity index (χ4n) is 2.20. The number of benzene rings is 1. The Bertz CT molecular complexity index is 802. The summed E-state index contributed by atoms with van der Waals surface area (Å²) in [5.41, 5.74) is 2.98. The van der Waals surface area contributed by atoms with Gasteiger partial charge in [-0.2, -0.15) is 10.2 Å². The second-order valence-corrected chi connectivity index (χ2v) is 4.60. The van der Waals surface area contributed by atoms with Gasteiger partial charge in [-0.15, -0.1) is 0 Å². The molecule has 2 N–H and O–H groups in total. The Balaban J connectivity index is 2.02. The lowest BCUT2D eigenvalue weighted by molar-refractivity contribution is 0.414. The maximum absolute atomic E-state index is 11.8. The first-order valence-electron chi connectivity index (χ1n) is 6.24. The summed E-state index contributed by atoms with van der Waals surface area (Å²) in [5.74, 6) is 0.809. The molecule has 3 aromatic rings. The lowest BCUT2D eigenvalue weighted by Crippen LogP contribution is -2.11. The number of hydrogen-bond acceptors (Lipinski definition) is 4. The molecule has 0 bridgehead atoms. The van der Waals surface area contributed by atoms with E-state index in [1.165, 1.54) is 0 Å². The van der Waals surface area contributed by atoms with E-state index in [4.69, 9.17) is 4.74 Å². The average molecular weight is 270 g/mol. The van der Waals surface area contributed by atoms with Gasteiger partial charge in [-0.1, -0.05) is 12.1 Å². The summed E-state index contributed by atoms with van der Waals surface area (Å²) in [7, 11) is 1.63. The summed E-state index contributed by atoms with van der Waals surface area (Å²) in [6.07, 6.45) is 0.599. The number of methoxy groups -OCH3 is 1. The van der Waals surface area contributed by atoms with E-state index < -0.39 is 0 Å². The van der Waals surface area contributed by atoms with Gasteiger partial charge in [-0.25, -0.2) is 5.10 Å². The molecule has 0 unspecified atom stereocenters. The molecule has 0 saturated carbocycles. The minimum Gasteiger partial charge on any atom is -0.497 e. The van der Waals surface area contributed by atoms with Gasteiger partial charge in [0.1, 0.15) is 11.3 Å². The Hall–Kier alpha value is -2.63. The van der Waals surface area contributed by atoms with E-state index in [9.17, 15) is 4.79 Å². The van der Waals surface area contributed by atoms with Gasteiger partial charge >= 0.3 is 0 Å². The quantitative estimate of drug-likeness (QED) is 0.756. The molecular formula is C14H14N4O2. The minimum atomic E-state index is -0.218. The van der Waals surface area contributed by atoms with Gasteiger partial charge in [-0.3, -0.25) is 9.89 Å². The molecule has 2 aromatic heterocycles. The number of fused-ring (bicyclic) bond motifs is 1. The number of nitrogens with zero attached hydrogens (tertiary/aromatic N) is 2. The Kier molecular flexibility index (Phi) is 2.98. The molecule has 2 heterocycles. The fourth-order valence-corrected chi connectivity index (χ4v) is 2.20. The number of aryl methyl sites for hydroxylation is 1. The van der Waals surface area contributed by atoms with Gasteiger partial charge in [0.2, 0.25) is 0 Å². The van der Waals surface area contributed by atoms with Crippen LogP contribution in [-0.2, 0) is 6.42 Å². The largest absolute Gasteiger partial charge is 0.497 e. The Morgan fingerprint density at radius 3 is 2.60 bits per heavy atom. The predicted molar refractivity (Wildman–Crippen MR) is 75.0 cm³/mol. The van der Waals surface area contributed by atoms with Crippen LogP contribution in [0.2, 0.25) is 0 Å².